The quantitative estimate of drug-likeness (QED) is 0.628. The van der Waals surface area contributed by atoms with Crippen LogP contribution >= 0.6 is 12.2 Å². The van der Waals surface area contributed by atoms with Gasteiger partial charge in [-0.15, -0.1) is 0 Å². The number of thiocarbonyl (C=S) groups is 1. The third kappa shape index (κ3) is 5.16. The fraction of sp³-hybridized carbons (Fsp3) is 0.545. The lowest BCUT2D eigenvalue weighted by Gasteiger charge is -2.31. The summed E-state index contributed by atoms with van der Waals surface area (Å²) in [6.45, 7) is 0. The molecule has 2 aromatic heterocycles. The van der Waals surface area contributed by atoms with Crippen LogP contribution in [0.25, 0.3) is 0 Å². The second kappa shape index (κ2) is 9.55. The molecule has 1 saturated carbocycles. The predicted molar refractivity (Wildman–Crippen MR) is 126 cm³/mol. The molecule has 7 nitrogen and oxygen atoms in total. The molecule has 0 atom stereocenters. The Morgan fingerprint density at radius 1 is 1.07 bits per heavy atom. The maximum Gasteiger partial charge on any atom is 0.225 e. The molecule has 2 aromatic rings. The van der Waals surface area contributed by atoms with Crippen LogP contribution in [0.1, 0.15) is 49.8 Å². The van der Waals surface area contributed by atoms with Crippen molar-refractivity contribution in [3.8, 4) is 0 Å². The highest BCUT2D eigenvalue weighted by Crippen LogP contribution is 2.29. The van der Waals surface area contributed by atoms with Crippen LogP contribution < -0.4 is 20.9 Å². The van der Waals surface area contributed by atoms with Crippen molar-refractivity contribution in [1.82, 2.24) is 20.3 Å². The topological polar surface area (TPSA) is 78.0 Å². The van der Waals surface area contributed by atoms with Crippen LogP contribution in [-0.2, 0) is 12.8 Å². The second-order valence-corrected chi connectivity index (χ2v) is 8.84. The van der Waals surface area contributed by atoms with Crippen molar-refractivity contribution >= 4 is 34.8 Å². The summed E-state index contributed by atoms with van der Waals surface area (Å²) in [7, 11) is 4.14. The first-order chi connectivity index (χ1) is 14.6. The molecule has 0 radical (unpaired) electrons. The number of fused-ring (bicyclic) bond motifs is 1. The maximum atomic E-state index is 5.46. The number of aryl methyl sites for hydroxylation is 1. The summed E-state index contributed by atoms with van der Waals surface area (Å²) in [4.78, 5) is 15.9. The lowest BCUT2D eigenvalue weighted by molar-refractivity contribution is 0.387. The van der Waals surface area contributed by atoms with E-state index in [0.717, 1.165) is 56.0 Å². The van der Waals surface area contributed by atoms with Crippen LogP contribution in [-0.4, -0.2) is 46.2 Å². The number of hydrogen-bond acceptors (Lipinski definition) is 6. The van der Waals surface area contributed by atoms with E-state index in [1.807, 2.05) is 12.1 Å². The zero-order valence-corrected chi connectivity index (χ0v) is 18.6. The molecule has 2 aliphatic rings. The van der Waals surface area contributed by atoms with Crippen molar-refractivity contribution in [3.05, 3.63) is 35.8 Å². The Kier molecular flexibility index (Phi) is 6.62. The highest BCUT2D eigenvalue weighted by Gasteiger charge is 2.24. The third-order valence-electron chi connectivity index (χ3n) is 5.90. The van der Waals surface area contributed by atoms with Crippen molar-refractivity contribution in [1.29, 1.82) is 0 Å². The fourth-order valence-corrected chi connectivity index (χ4v) is 4.65. The van der Waals surface area contributed by atoms with Gasteiger partial charge in [0, 0.05) is 37.9 Å². The standard InChI is InChI=1S/C22H31N7S/c1-29(2)20-18-7-3-4-8-19(18)27-21(28-20)24-15-9-11-16(12-10-15)25-22(30)26-17-6-5-13-23-14-17/h5-6,13-16H,3-4,7-12H2,1-2H3,(H,24,27,28)(H2,25,26,30)/t15-,16+. The summed E-state index contributed by atoms with van der Waals surface area (Å²) in [6, 6.07) is 4.65. The third-order valence-corrected chi connectivity index (χ3v) is 6.12. The van der Waals surface area contributed by atoms with Crippen LogP contribution in [0.5, 0.6) is 0 Å². The molecule has 3 N–H and O–H groups in total. The lowest BCUT2D eigenvalue weighted by Crippen LogP contribution is -2.42. The number of hydrogen-bond donors (Lipinski definition) is 3. The summed E-state index contributed by atoms with van der Waals surface area (Å²) in [6.07, 6.45) is 12.4. The average Bonchev–Trinajstić information content (AvgIpc) is 2.75. The van der Waals surface area contributed by atoms with Crippen LogP contribution in [0.15, 0.2) is 24.5 Å². The molecule has 2 aliphatic carbocycles. The SMILES string of the molecule is CN(C)c1nc(N[C@H]2CC[C@@H](NC(=S)Nc3cccnc3)CC2)nc2c1CCCC2. The number of aromatic nitrogens is 3. The number of pyridine rings is 1. The van der Waals surface area contributed by atoms with Crippen molar-refractivity contribution in [3.63, 3.8) is 0 Å². The predicted octanol–water partition coefficient (Wildman–Crippen LogP) is 3.53. The second-order valence-electron chi connectivity index (χ2n) is 8.43. The van der Waals surface area contributed by atoms with Gasteiger partial charge in [0.15, 0.2) is 5.11 Å². The first kappa shape index (κ1) is 20.8. The van der Waals surface area contributed by atoms with Crippen molar-refractivity contribution in [2.45, 2.75) is 63.5 Å². The van der Waals surface area contributed by atoms with Gasteiger partial charge in [-0.3, -0.25) is 4.98 Å². The van der Waals surface area contributed by atoms with E-state index < -0.39 is 0 Å². The molecule has 0 bridgehead atoms. The molecule has 0 unspecified atom stereocenters. The molecule has 2 heterocycles. The molecule has 4 rings (SSSR count). The van der Waals surface area contributed by atoms with Gasteiger partial charge in [0.1, 0.15) is 5.82 Å². The fourth-order valence-electron chi connectivity index (χ4n) is 4.36. The highest BCUT2D eigenvalue weighted by atomic mass is 32.1. The lowest BCUT2D eigenvalue weighted by atomic mass is 9.91. The first-order valence-corrected chi connectivity index (χ1v) is 11.3. The Bertz CT molecular complexity index is 863. The highest BCUT2D eigenvalue weighted by molar-refractivity contribution is 7.80. The molecule has 160 valence electrons. The summed E-state index contributed by atoms with van der Waals surface area (Å²) in [5.41, 5.74) is 3.47. The number of rotatable bonds is 5. The van der Waals surface area contributed by atoms with Gasteiger partial charge in [-0.25, -0.2) is 4.98 Å². The van der Waals surface area contributed by atoms with Crippen LogP contribution in [0, 0.1) is 0 Å². The average molecular weight is 426 g/mol. The zero-order chi connectivity index (χ0) is 20.9. The number of anilines is 3. The Hall–Kier alpha value is -2.48. The summed E-state index contributed by atoms with van der Waals surface area (Å²) < 4.78 is 0. The minimum Gasteiger partial charge on any atom is -0.362 e. The summed E-state index contributed by atoms with van der Waals surface area (Å²) >= 11 is 5.46. The normalized spacial score (nSPS) is 20.7. The molecule has 0 saturated heterocycles. The van der Waals surface area contributed by atoms with Gasteiger partial charge in [-0.2, -0.15) is 4.98 Å². The molecule has 8 heteroatoms. The van der Waals surface area contributed by atoms with Crippen molar-refractivity contribution < 1.29 is 0 Å². The molecule has 0 amide bonds. The zero-order valence-electron chi connectivity index (χ0n) is 17.8. The molecule has 0 aliphatic heterocycles. The smallest absolute Gasteiger partial charge is 0.225 e. The van der Waals surface area contributed by atoms with Crippen molar-refractivity contribution in [2.24, 2.45) is 0 Å². The summed E-state index contributed by atoms with van der Waals surface area (Å²) in [5.74, 6) is 1.86. The Labute approximate surface area is 184 Å². The van der Waals surface area contributed by atoms with Gasteiger partial charge in [0.05, 0.1) is 17.6 Å². The van der Waals surface area contributed by atoms with Crippen LogP contribution in [0.3, 0.4) is 0 Å². The first-order valence-electron chi connectivity index (χ1n) is 10.9. The van der Waals surface area contributed by atoms with Gasteiger partial charge < -0.3 is 20.9 Å². The van der Waals surface area contributed by atoms with E-state index in [4.69, 9.17) is 22.2 Å². The van der Waals surface area contributed by atoms with Crippen molar-refractivity contribution in [2.75, 3.05) is 29.6 Å². The van der Waals surface area contributed by atoms with E-state index in [9.17, 15) is 0 Å². The van der Waals surface area contributed by atoms with E-state index in [1.165, 1.54) is 24.1 Å². The van der Waals surface area contributed by atoms with Gasteiger partial charge in [0.2, 0.25) is 5.95 Å². The molecule has 1 fully saturated rings. The molecule has 0 spiro atoms. The Morgan fingerprint density at radius 2 is 1.83 bits per heavy atom. The van der Waals surface area contributed by atoms with Crippen LogP contribution in [0.4, 0.5) is 17.5 Å². The minimum absolute atomic E-state index is 0.390. The summed E-state index contributed by atoms with van der Waals surface area (Å²) in [5, 5.41) is 10.9. The maximum absolute atomic E-state index is 5.46. The van der Waals surface area contributed by atoms with E-state index in [1.54, 1.807) is 12.4 Å². The number of nitrogens with one attached hydrogen (secondary N) is 3. The van der Waals surface area contributed by atoms with E-state index >= 15 is 0 Å². The molecule has 30 heavy (non-hydrogen) atoms. The number of nitrogens with zero attached hydrogens (tertiary/aromatic N) is 4. The van der Waals surface area contributed by atoms with E-state index in [0.29, 0.717) is 17.2 Å². The molecule has 0 aromatic carbocycles. The Morgan fingerprint density at radius 3 is 2.57 bits per heavy atom. The van der Waals surface area contributed by atoms with Gasteiger partial charge in [-0.1, -0.05) is 0 Å². The monoisotopic (exact) mass is 425 g/mol. The van der Waals surface area contributed by atoms with Gasteiger partial charge >= 0.3 is 0 Å². The largest absolute Gasteiger partial charge is 0.362 e. The van der Waals surface area contributed by atoms with Crippen LogP contribution in [0.2, 0.25) is 0 Å². The molecular weight excluding hydrogens is 394 g/mol. The van der Waals surface area contributed by atoms with Gasteiger partial charge in [0.25, 0.3) is 0 Å². The molecular formula is C22H31N7S. The van der Waals surface area contributed by atoms with E-state index in [2.05, 4.69) is 39.9 Å². The Balaban J connectivity index is 1.30. The minimum atomic E-state index is 0.390. The van der Waals surface area contributed by atoms with E-state index in [-0.39, 0.29) is 0 Å². The van der Waals surface area contributed by atoms with Gasteiger partial charge in [-0.05, 0) is 75.7 Å².